The molecule has 0 aliphatic carbocycles. The summed E-state index contributed by atoms with van der Waals surface area (Å²) < 4.78 is 5.49. The molecule has 1 aliphatic heterocycles. The van der Waals surface area contributed by atoms with Gasteiger partial charge in [-0.2, -0.15) is 0 Å². The first-order valence-corrected chi connectivity index (χ1v) is 9.14. The maximum Gasteiger partial charge on any atom is 0.326 e. The van der Waals surface area contributed by atoms with E-state index in [-0.39, 0.29) is 0 Å². The maximum atomic E-state index is 12.6. The number of guanidine groups is 1. The van der Waals surface area contributed by atoms with Crippen LogP contribution in [0.2, 0.25) is 0 Å². The molecule has 170 valence electrons. The van der Waals surface area contributed by atoms with E-state index >= 15 is 0 Å². The minimum atomic E-state index is -1.75. The minimum absolute atomic E-state index is 0.394. The van der Waals surface area contributed by atoms with E-state index in [2.05, 4.69) is 15.6 Å². The highest BCUT2D eigenvalue weighted by Gasteiger charge is 2.44. The Kier molecular flexibility index (Phi) is 9.01. The number of nitrogens with two attached hydrogens (primary N) is 2. The Morgan fingerprint density at radius 3 is 2.30 bits per heavy atom. The van der Waals surface area contributed by atoms with Gasteiger partial charge in [-0.3, -0.25) is 9.59 Å². The molecule has 0 saturated carbocycles. The number of amides is 2. The van der Waals surface area contributed by atoms with Gasteiger partial charge < -0.3 is 47.3 Å². The number of carbonyl (C=O) groups is 3. The zero-order chi connectivity index (χ0) is 23.2. The van der Waals surface area contributed by atoms with Crippen molar-refractivity contribution in [3.63, 3.8) is 0 Å². The maximum absolute atomic E-state index is 12.6. The van der Waals surface area contributed by atoms with Crippen LogP contribution in [0.1, 0.15) is 20.8 Å². The fraction of sp³-hybridized carbons (Fsp3) is 0.647. The van der Waals surface area contributed by atoms with Crippen molar-refractivity contribution in [2.45, 2.75) is 57.2 Å². The number of aliphatic imine (C=N–C) groups is 1. The van der Waals surface area contributed by atoms with Crippen molar-refractivity contribution in [1.82, 2.24) is 10.6 Å². The van der Waals surface area contributed by atoms with Gasteiger partial charge in [0.15, 0.2) is 11.7 Å². The second-order valence-electron chi connectivity index (χ2n) is 7.16. The highest BCUT2D eigenvalue weighted by atomic mass is 16.5. The number of ether oxygens (including phenoxy) is 1. The lowest BCUT2D eigenvalue weighted by Crippen LogP contribution is -2.60. The van der Waals surface area contributed by atoms with Gasteiger partial charge in [0.2, 0.25) is 5.91 Å². The number of nitrogens with one attached hydrogen (secondary N) is 2. The topological polar surface area (TPSA) is 230 Å². The Morgan fingerprint density at radius 2 is 1.87 bits per heavy atom. The summed E-state index contributed by atoms with van der Waals surface area (Å²) in [4.78, 5) is 39.5. The molecule has 0 aromatic rings. The molecule has 2 amide bonds. The Labute approximate surface area is 172 Å². The molecule has 0 spiro atoms. The van der Waals surface area contributed by atoms with Crippen LogP contribution in [0.3, 0.4) is 0 Å². The monoisotopic (exact) mass is 431 g/mol. The van der Waals surface area contributed by atoms with E-state index in [1.807, 2.05) is 0 Å². The molecule has 6 atom stereocenters. The second kappa shape index (κ2) is 10.8. The normalized spacial score (nSPS) is 24.0. The lowest BCUT2D eigenvalue weighted by molar-refractivity contribution is -0.144. The quantitative estimate of drug-likeness (QED) is 0.132. The van der Waals surface area contributed by atoms with Gasteiger partial charge in [-0.1, -0.05) is 13.8 Å². The highest BCUT2D eigenvalue weighted by Crippen LogP contribution is 2.25. The third-order valence-corrected chi connectivity index (χ3v) is 4.34. The molecule has 1 heterocycles. The van der Waals surface area contributed by atoms with Gasteiger partial charge in [-0.25, -0.2) is 9.79 Å². The fourth-order valence-corrected chi connectivity index (χ4v) is 2.87. The minimum Gasteiger partial charge on any atom is -0.480 e. The Hall–Kier alpha value is -2.90. The Balaban J connectivity index is 3.36. The molecular formula is C17H29N5O8. The van der Waals surface area contributed by atoms with Gasteiger partial charge in [-0.15, -0.1) is 0 Å². The molecule has 13 heteroatoms. The summed E-state index contributed by atoms with van der Waals surface area (Å²) in [6.07, 6.45) is -3.71. The molecule has 0 fully saturated rings. The fourth-order valence-electron chi connectivity index (χ4n) is 2.87. The van der Waals surface area contributed by atoms with Crippen LogP contribution in [0.15, 0.2) is 16.8 Å². The first kappa shape index (κ1) is 25.1. The lowest BCUT2D eigenvalue weighted by atomic mass is 9.92. The highest BCUT2D eigenvalue weighted by molar-refractivity contribution is 5.94. The summed E-state index contributed by atoms with van der Waals surface area (Å²) in [5.74, 6) is -4.00. The lowest BCUT2D eigenvalue weighted by Gasteiger charge is -2.39. The van der Waals surface area contributed by atoms with Crippen molar-refractivity contribution < 1.29 is 39.5 Å². The SMILES string of the molecule is CC(=O)N[C@H]1[C@H]([C@H](O)[C@H](O)CO)OC(C(=O)N[C@H](C(=O)O)C(C)C)=C[C@@H]1N=C(N)N. The number of nitrogens with zero attached hydrogens (tertiary/aromatic N) is 1. The molecule has 0 unspecified atom stereocenters. The van der Waals surface area contributed by atoms with Crippen molar-refractivity contribution in [3.8, 4) is 0 Å². The molecule has 0 radical (unpaired) electrons. The van der Waals surface area contributed by atoms with Crippen LogP contribution in [-0.4, -0.2) is 87.2 Å². The largest absolute Gasteiger partial charge is 0.480 e. The van der Waals surface area contributed by atoms with Gasteiger partial charge >= 0.3 is 5.97 Å². The number of hydrogen-bond acceptors (Lipinski definition) is 8. The van der Waals surface area contributed by atoms with E-state index in [1.54, 1.807) is 13.8 Å². The Bertz CT molecular complexity index is 706. The number of carbonyl (C=O) groups excluding carboxylic acids is 2. The number of rotatable bonds is 9. The molecule has 0 bridgehead atoms. The Morgan fingerprint density at radius 1 is 1.27 bits per heavy atom. The van der Waals surface area contributed by atoms with E-state index in [4.69, 9.17) is 21.3 Å². The molecule has 1 aliphatic rings. The van der Waals surface area contributed by atoms with E-state index in [9.17, 15) is 29.7 Å². The summed E-state index contributed by atoms with van der Waals surface area (Å²) in [7, 11) is 0. The number of carboxylic acids is 1. The molecule has 1 rings (SSSR count). The van der Waals surface area contributed by atoms with Gasteiger partial charge in [0.1, 0.15) is 24.4 Å². The van der Waals surface area contributed by atoms with Crippen molar-refractivity contribution in [3.05, 3.63) is 11.8 Å². The molecule has 0 aromatic heterocycles. The van der Waals surface area contributed by atoms with E-state index in [0.29, 0.717) is 0 Å². The summed E-state index contributed by atoms with van der Waals surface area (Å²) in [5, 5.41) is 43.4. The van der Waals surface area contributed by atoms with Gasteiger partial charge in [0.05, 0.1) is 18.7 Å². The third-order valence-electron chi connectivity index (χ3n) is 4.34. The van der Waals surface area contributed by atoms with Crippen LogP contribution >= 0.6 is 0 Å². The average molecular weight is 431 g/mol. The number of aliphatic hydroxyl groups excluding tert-OH is 3. The van der Waals surface area contributed by atoms with Crippen LogP contribution in [-0.2, 0) is 19.1 Å². The van der Waals surface area contributed by atoms with Gasteiger partial charge in [0.25, 0.3) is 5.91 Å². The van der Waals surface area contributed by atoms with Crippen molar-refractivity contribution in [1.29, 1.82) is 0 Å². The molecule has 0 saturated heterocycles. The van der Waals surface area contributed by atoms with E-state index < -0.39 is 78.5 Å². The molecule has 0 aromatic carbocycles. The number of hydrogen-bond donors (Lipinski definition) is 8. The van der Waals surface area contributed by atoms with Crippen LogP contribution in [0.25, 0.3) is 0 Å². The van der Waals surface area contributed by atoms with Crippen LogP contribution < -0.4 is 22.1 Å². The zero-order valence-electron chi connectivity index (χ0n) is 16.8. The number of aliphatic hydroxyl groups is 3. The number of carboxylic acid groups (broad SMARTS) is 1. The molecule has 30 heavy (non-hydrogen) atoms. The zero-order valence-corrected chi connectivity index (χ0v) is 16.8. The average Bonchev–Trinajstić information content (AvgIpc) is 2.64. The van der Waals surface area contributed by atoms with Gasteiger partial charge in [-0.05, 0) is 12.0 Å². The third kappa shape index (κ3) is 6.57. The molecule has 10 N–H and O–H groups in total. The van der Waals surface area contributed by atoms with Crippen molar-refractivity contribution >= 4 is 23.7 Å². The molecular weight excluding hydrogens is 402 g/mol. The standard InChI is InChI=1S/C17H29N5O8/c1-6(2)11(16(28)29)22-15(27)10-4-8(21-17(18)19)12(20-7(3)24)14(30-10)13(26)9(25)5-23/h4,6,8-9,11-14,23,25-26H,5H2,1-3H3,(H,20,24)(H,22,27)(H,28,29)(H4,18,19,21)/t8-,9+,11-,12+,13+,14+/m0/s1. The van der Waals surface area contributed by atoms with Crippen LogP contribution in [0.5, 0.6) is 0 Å². The van der Waals surface area contributed by atoms with Crippen LogP contribution in [0, 0.1) is 5.92 Å². The smallest absolute Gasteiger partial charge is 0.326 e. The van der Waals surface area contributed by atoms with Crippen molar-refractivity contribution in [2.75, 3.05) is 6.61 Å². The first-order valence-electron chi connectivity index (χ1n) is 9.14. The van der Waals surface area contributed by atoms with E-state index in [0.717, 1.165) is 6.08 Å². The molecule has 13 nitrogen and oxygen atoms in total. The van der Waals surface area contributed by atoms with E-state index in [1.165, 1.54) is 6.92 Å². The second-order valence-corrected chi connectivity index (χ2v) is 7.16. The predicted octanol–water partition coefficient (Wildman–Crippen LogP) is -3.64. The predicted molar refractivity (Wildman–Crippen MR) is 104 cm³/mol. The summed E-state index contributed by atoms with van der Waals surface area (Å²) in [5.41, 5.74) is 10.8. The first-order chi connectivity index (χ1) is 13.9. The summed E-state index contributed by atoms with van der Waals surface area (Å²) in [6, 6.07) is -3.44. The number of aliphatic carboxylic acids is 1. The van der Waals surface area contributed by atoms with Crippen LogP contribution in [0.4, 0.5) is 0 Å². The summed E-state index contributed by atoms with van der Waals surface area (Å²) >= 11 is 0. The van der Waals surface area contributed by atoms with Gasteiger partial charge in [0, 0.05) is 6.92 Å². The summed E-state index contributed by atoms with van der Waals surface area (Å²) in [6.45, 7) is 3.54. The van der Waals surface area contributed by atoms with Crippen molar-refractivity contribution in [2.24, 2.45) is 22.4 Å².